The van der Waals surface area contributed by atoms with Crippen LogP contribution in [-0.4, -0.2) is 14.3 Å². The summed E-state index contributed by atoms with van der Waals surface area (Å²) in [6, 6.07) is 21.2. The van der Waals surface area contributed by atoms with E-state index in [0.29, 0.717) is 15.2 Å². The maximum absolute atomic E-state index is 13.0. The summed E-state index contributed by atoms with van der Waals surface area (Å²) in [4.78, 5) is 28.5. The molecule has 0 saturated heterocycles. The molecule has 2 heterocycles. The summed E-state index contributed by atoms with van der Waals surface area (Å²) < 4.78 is 8.14. The molecule has 0 spiro atoms. The molecule has 0 saturated carbocycles. The first-order chi connectivity index (χ1) is 15.1. The second-order valence-corrected chi connectivity index (χ2v) is 7.89. The molecule has 0 atom stereocenters. The first kappa shape index (κ1) is 19.0. The molecule has 0 unspecified atom stereocenters. The van der Waals surface area contributed by atoms with Gasteiger partial charge in [-0.25, -0.2) is 9.38 Å². The number of nitro groups is 1. The van der Waals surface area contributed by atoms with E-state index in [9.17, 15) is 14.9 Å². The SMILES string of the molecule is O=c1/c(=C/c2ccccc2OCc2ccc([N+](=O)[O-])cc2)sc2nc3ccccc3n12. The van der Waals surface area contributed by atoms with Crippen LogP contribution in [0.5, 0.6) is 5.75 Å². The molecule has 0 amide bonds. The standard InChI is InChI=1S/C23H15N3O4S/c27-22-21(31-23-24-18-6-2-3-7-19(18)25(22)23)13-16-5-1-4-8-20(16)30-14-15-9-11-17(12-10-15)26(28)29/h1-13H,14H2/b21-13-. The Morgan fingerprint density at radius 2 is 1.77 bits per heavy atom. The van der Waals surface area contributed by atoms with E-state index in [2.05, 4.69) is 4.98 Å². The van der Waals surface area contributed by atoms with E-state index in [1.807, 2.05) is 54.6 Å². The van der Waals surface area contributed by atoms with Crippen molar-refractivity contribution in [2.24, 2.45) is 0 Å². The minimum atomic E-state index is -0.434. The Bertz CT molecular complexity index is 1540. The molecule has 31 heavy (non-hydrogen) atoms. The Labute approximate surface area is 179 Å². The number of thiazole rings is 1. The quantitative estimate of drug-likeness (QED) is 0.312. The number of non-ortho nitro benzene ring substituents is 1. The third kappa shape index (κ3) is 3.53. The fourth-order valence-electron chi connectivity index (χ4n) is 3.36. The lowest BCUT2D eigenvalue weighted by Crippen LogP contribution is -2.22. The smallest absolute Gasteiger partial charge is 0.274 e. The number of para-hydroxylation sites is 3. The lowest BCUT2D eigenvalue weighted by atomic mass is 10.2. The molecule has 2 aromatic heterocycles. The Balaban J connectivity index is 1.48. The highest BCUT2D eigenvalue weighted by molar-refractivity contribution is 7.15. The van der Waals surface area contributed by atoms with Crippen molar-refractivity contribution in [3.8, 4) is 5.75 Å². The van der Waals surface area contributed by atoms with Gasteiger partial charge in [0.15, 0.2) is 4.96 Å². The highest BCUT2D eigenvalue weighted by Gasteiger charge is 2.11. The van der Waals surface area contributed by atoms with Crippen molar-refractivity contribution in [1.82, 2.24) is 9.38 Å². The maximum Gasteiger partial charge on any atom is 0.274 e. The number of nitrogens with zero attached hydrogens (tertiary/aromatic N) is 3. The first-order valence-corrected chi connectivity index (χ1v) is 10.3. The van der Waals surface area contributed by atoms with Gasteiger partial charge in [0, 0.05) is 17.7 Å². The number of aromatic nitrogens is 2. The zero-order valence-corrected chi connectivity index (χ0v) is 16.9. The van der Waals surface area contributed by atoms with Crippen LogP contribution in [0.15, 0.2) is 77.6 Å². The van der Waals surface area contributed by atoms with E-state index in [1.54, 1.807) is 16.5 Å². The Hall–Kier alpha value is -4.04. The Kier molecular flexibility index (Phi) is 4.68. The van der Waals surface area contributed by atoms with E-state index in [1.165, 1.54) is 23.5 Å². The fraction of sp³-hybridized carbons (Fsp3) is 0.0435. The van der Waals surface area contributed by atoms with Gasteiger partial charge in [0.1, 0.15) is 12.4 Å². The molecule has 0 aliphatic heterocycles. The first-order valence-electron chi connectivity index (χ1n) is 9.47. The van der Waals surface area contributed by atoms with Crippen molar-refractivity contribution in [2.45, 2.75) is 6.61 Å². The molecule has 8 heteroatoms. The van der Waals surface area contributed by atoms with E-state index >= 15 is 0 Å². The minimum Gasteiger partial charge on any atom is -0.488 e. The molecule has 152 valence electrons. The van der Waals surface area contributed by atoms with E-state index in [0.717, 1.165) is 22.2 Å². The van der Waals surface area contributed by atoms with Crippen LogP contribution in [0.1, 0.15) is 11.1 Å². The molecule has 7 nitrogen and oxygen atoms in total. The number of ether oxygens (including phenoxy) is 1. The van der Waals surface area contributed by atoms with Crippen molar-refractivity contribution in [1.29, 1.82) is 0 Å². The second-order valence-electron chi connectivity index (χ2n) is 6.88. The third-order valence-electron chi connectivity index (χ3n) is 4.89. The molecular weight excluding hydrogens is 414 g/mol. The molecule has 0 fully saturated rings. The van der Waals surface area contributed by atoms with Crippen LogP contribution >= 0.6 is 11.3 Å². The highest BCUT2D eigenvalue weighted by Crippen LogP contribution is 2.22. The molecule has 0 bridgehead atoms. The monoisotopic (exact) mass is 429 g/mol. The number of fused-ring (bicyclic) bond motifs is 3. The topological polar surface area (TPSA) is 86.7 Å². The van der Waals surface area contributed by atoms with Gasteiger partial charge in [0.05, 0.1) is 20.5 Å². The van der Waals surface area contributed by atoms with E-state index in [4.69, 9.17) is 4.74 Å². The predicted molar refractivity (Wildman–Crippen MR) is 120 cm³/mol. The van der Waals surface area contributed by atoms with Gasteiger partial charge in [-0.05, 0) is 42.0 Å². The van der Waals surface area contributed by atoms with Crippen LogP contribution in [-0.2, 0) is 6.61 Å². The molecule has 3 aromatic carbocycles. The Morgan fingerprint density at radius 1 is 1.03 bits per heavy atom. The van der Waals surface area contributed by atoms with Gasteiger partial charge in [-0.15, -0.1) is 0 Å². The number of benzene rings is 3. The summed E-state index contributed by atoms with van der Waals surface area (Å²) in [5.41, 5.74) is 3.10. The number of hydrogen-bond acceptors (Lipinski definition) is 6. The van der Waals surface area contributed by atoms with Crippen molar-refractivity contribution in [3.05, 3.63) is 109 Å². The summed E-state index contributed by atoms with van der Waals surface area (Å²) in [7, 11) is 0. The second kappa shape index (κ2) is 7.66. The summed E-state index contributed by atoms with van der Waals surface area (Å²) in [5.74, 6) is 0.621. The average Bonchev–Trinajstić information content (AvgIpc) is 3.29. The lowest BCUT2D eigenvalue weighted by molar-refractivity contribution is -0.384. The maximum atomic E-state index is 13.0. The van der Waals surface area contributed by atoms with Gasteiger partial charge in [0.25, 0.3) is 11.2 Å². The molecular formula is C23H15N3O4S. The zero-order valence-electron chi connectivity index (χ0n) is 16.1. The zero-order chi connectivity index (χ0) is 21.4. The molecule has 5 rings (SSSR count). The molecule has 0 radical (unpaired) electrons. The average molecular weight is 429 g/mol. The lowest BCUT2D eigenvalue weighted by Gasteiger charge is -2.09. The van der Waals surface area contributed by atoms with Crippen LogP contribution < -0.4 is 14.8 Å². The summed E-state index contributed by atoms with van der Waals surface area (Å²) in [6.07, 6.45) is 1.81. The number of hydrogen-bond donors (Lipinski definition) is 0. The van der Waals surface area contributed by atoms with Crippen molar-refractivity contribution < 1.29 is 9.66 Å². The van der Waals surface area contributed by atoms with Crippen LogP contribution in [0.3, 0.4) is 0 Å². The fourth-order valence-corrected chi connectivity index (χ4v) is 4.34. The van der Waals surface area contributed by atoms with Gasteiger partial charge >= 0.3 is 0 Å². The van der Waals surface area contributed by atoms with Crippen LogP contribution in [0.2, 0.25) is 0 Å². The number of imidazole rings is 1. The summed E-state index contributed by atoms with van der Waals surface area (Å²) in [6.45, 7) is 0.255. The number of rotatable bonds is 5. The van der Waals surface area contributed by atoms with Crippen molar-refractivity contribution in [3.63, 3.8) is 0 Å². The predicted octanol–water partition coefficient (Wildman–Crippen LogP) is 3.94. The third-order valence-corrected chi connectivity index (χ3v) is 5.86. The van der Waals surface area contributed by atoms with Crippen molar-refractivity contribution >= 4 is 39.1 Å². The van der Waals surface area contributed by atoms with Gasteiger partial charge in [-0.1, -0.05) is 41.7 Å². The largest absolute Gasteiger partial charge is 0.488 e. The van der Waals surface area contributed by atoms with Gasteiger partial charge in [-0.2, -0.15) is 0 Å². The van der Waals surface area contributed by atoms with E-state index < -0.39 is 4.92 Å². The summed E-state index contributed by atoms with van der Waals surface area (Å²) >= 11 is 1.34. The molecule has 5 aromatic rings. The molecule has 0 aliphatic carbocycles. The summed E-state index contributed by atoms with van der Waals surface area (Å²) in [5, 5.41) is 10.8. The van der Waals surface area contributed by atoms with Crippen molar-refractivity contribution in [2.75, 3.05) is 0 Å². The van der Waals surface area contributed by atoms with Crippen LogP contribution in [0.4, 0.5) is 5.69 Å². The number of nitro benzene ring substituents is 1. The van der Waals surface area contributed by atoms with Crippen LogP contribution in [0.25, 0.3) is 22.1 Å². The molecule has 0 N–H and O–H groups in total. The Morgan fingerprint density at radius 3 is 2.58 bits per heavy atom. The van der Waals surface area contributed by atoms with Gasteiger partial charge < -0.3 is 4.74 Å². The van der Waals surface area contributed by atoms with Gasteiger partial charge in [0.2, 0.25) is 0 Å². The minimum absolute atomic E-state index is 0.0377. The molecule has 0 aliphatic rings. The van der Waals surface area contributed by atoms with Gasteiger partial charge in [-0.3, -0.25) is 14.9 Å². The van der Waals surface area contributed by atoms with E-state index in [-0.39, 0.29) is 17.9 Å². The highest BCUT2D eigenvalue weighted by atomic mass is 32.1. The van der Waals surface area contributed by atoms with Crippen LogP contribution in [0, 0.1) is 10.1 Å². The normalized spacial score (nSPS) is 11.9.